The molecule has 1 aromatic rings. The summed E-state index contributed by atoms with van der Waals surface area (Å²) in [5, 5.41) is 7.70. The molecule has 1 aliphatic rings. The fourth-order valence-corrected chi connectivity index (χ4v) is 1.57. The van der Waals surface area contributed by atoms with Gasteiger partial charge in [-0.25, -0.2) is 4.98 Å². The SMILES string of the molecule is CNC(C)(C)c1nc(C2CC2)nn1C. The first-order valence-corrected chi connectivity index (χ1v) is 5.15. The molecule has 1 aromatic heterocycles. The van der Waals surface area contributed by atoms with Gasteiger partial charge in [0.05, 0.1) is 5.54 Å². The van der Waals surface area contributed by atoms with Crippen molar-refractivity contribution in [2.45, 2.75) is 38.1 Å². The molecule has 0 saturated heterocycles. The molecule has 4 nitrogen and oxygen atoms in total. The zero-order chi connectivity index (χ0) is 10.3. The standard InChI is InChI=1S/C10H18N4/c1-10(2,11-3)9-12-8(7-5-6-7)13-14(9)4/h7,11H,5-6H2,1-4H3. The van der Waals surface area contributed by atoms with Crippen LogP contribution in [0.3, 0.4) is 0 Å². The van der Waals surface area contributed by atoms with Gasteiger partial charge >= 0.3 is 0 Å². The molecule has 14 heavy (non-hydrogen) atoms. The minimum atomic E-state index is -0.102. The van der Waals surface area contributed by atoms with Gasteiger partial charge in [0.1, 0.15) is 5.82 Å². The summed E-state index contributed by atoms with van der Waals surface area (Å²) in [4.78, 5) is 4.60. The van der Waals surface area contributed by atoms with Crippen molar-refractivity contribution < 1.29 is 0 Å². The minimum Gasteiger partial charge on any atom is -0.308 e. The third-order valence-corrected chi connectivity index (χ3v) is 2.91. The second-order valence-electron chi connectivity index (χ2n) is 4.57. The first kappa shape index (κ1) is 9.65. The third-order valence-electron chi connectivity index (χ3n) is 2.91. The largest absolute Gasteiger partial charge is 0.308 e. The number of aryl methyl sites for hydroxylation is 1. The van der Waals surface area contributed by atoms with Gasteiger partial charge in [0.2, 0.25) is 0 Å². The molecule has 1 saturated carbocycles. The Kier molecular flexibility index (Phi) is 2.10. The van der Waals surface area contributed by atoms with E-state index in [0.717, 1.165) is 11.6 Å². The summed E-state index contributed by atoms with van der Waals surface area (Å²) in [7, 11) is 3.92. The lowest BCUT2D eigenvalue weighted by Gasteiger charge is -2.22. The van der Waals surface area contributed by atoms with Crippen LogP contribution < -0.4 is 5.32 Å². The van der Waals surface area contributed by atoms with Crippen LogP contribution in [0.5, 0.6) is 0 Å². The van der Waals surface area contributed by atoms with Crippen LogP contribution in [-0.2, 0) is 12.6 Å². The molecular formula is C10H18N4. The maximum Gasteiger partial charge on any atom is 0.154 e. The molecule has 0 amide bonds. The fraction of sp³-hybridized carbons (Fsp3) is 0.800. The lowest BCUT2D eigenvalue weighted by atomic mass is 10.1. The highest BCUT2D eigenvalue weighted by molar-refractivity contribution is 5.10. The van der Waals surface area contributed by atoms with Crippen molar-refractivity contribution in [3.63, 3.8) is 0 Å². The Morgan fingerprint density at radius 3 is 2.57 bits per heavy atom. The number of aromatic nitrogens is 3. The average Bonchev–Trinajstić information content (AvgIpc) is 2.90. The van der Waals surface area contributed by atoms with Crippen molar-refractivity contribution in [3.05, 3.63) is 11.6 Å². The van der Waals surface area contributed by atoms with Crippen LogP contribution >= 0.6 is 0 Å². The van der Waals surface area contributed by atoms with E-state index in [1.165, 1.54) is 12.8 Å². The van der Waals surface area contributed by atoms with E-state index < -0.39 is 0 Å². The molecule has 0 unspecified atom stereocenters. The summed E-state index contributed by atoms with van der Waals surface area (Å²) >= 11 is 0. The monoisotopic (exact) mass is 194 g/mol. The number of hydrogen-bond acceptors (Lipinski definition) is 3. The van der Waals surface area contributed by atoms with Crippen molar-refractivity contribution >= 4 is 0 Å². The number of nitrogens with zero attached hydrogens (tertiary/aromatic N) is 3. The summed E-state index contributed by atoms with van der Waals surface area (Å²) in [6, 6.07) is 0. The van der Waals surface area contributed by atoms with Crippen LogP contribution in [0.1, 0.15) is 44.3 Å². The lowest BCUT2D eigenvalue weighted by Crippen LogP contribution is -2.36. The van der Waals surface area contributed by atoms with E-state index in [0.29, 0.717) is 5.92 Å². The Hall–Kier alpha value is -0.900. The van der Waals surface area contributed by atoms with Crippen LogP contribution in [0.4, 0.5) is 0 Å². The maximum absolute atomic E-state index is 4.60. The molecule has 0 aromatic carbocycles. The minimum absolute atomic E-state index is 0.102. The van der Waals surface area contributed by atoms with Crippen LogP contribution in [0.25, 0.3) is 0 Å². The zero-order valence-corrected chi connectivity index (χ0v) is 9.33. The predicted molar refractivity (Wildman–Crippen MR) is 55.1 cm³/mol. The highest BCUT2D eigenvalue weighted by atomic mass is 15.4. The molecule has 0 bridgehead atoms. The van der Waals surface area contributed by atoms with Gasteiger partial charge in [-0.3, -0.25) is 4.68 Å². The number of nitrogens with one attached hydrogen (secondary N) is 1. The van der Waals surface area contributed by atoms with Gasteiger partial charge in [-0.1, -0.05) is 0 Å². The van der Waals surface area contributed by atoms with Crippen molar-refractivity contribution in [1.29, 1.82) is 0 Å². The van der Waals surface area contributed by atoms with Gasteiger partial charge in [-0.15, -0.1) is 0 Å². The fourth-order valence-electron chi connectivity index (χ4n) is 1.57. The van der Waals surface area contributed by atoms with E-state index in [4.69, 9.17) is 0 Å². The Morgan fingerprint density at radius 2 is 2.07 bits per heavy atom. The lowest BCUT2D eigenvalue weighted by molar-refractivity contribution is 0.397. The molecule has 78 valence electrons. The van der Waals surface area contributed by atoms with Crippen LogP contribution in [0.15, 0.2) is 0 Å². The molecule has 0 radical (unpaired) electrons. The molecule has 1 fully saturated rings. The first-order valence-electron chi connectivity index (χ1n) is 5.15. The van der Waals surface area contributed by atoms with Crippen molar-refractivity contribution in [3.8, 4) is 0 Å². The highest BCUT2D eigenvalue weighted by Crippen LogP contribution is 2.38. The molecule has 0 atom stereocenters. The van der Waals surface area contributed by atoms with Crippen molar-refractivity contribution in [2.24, 2.45) is 7.05 Å². The Labute approximate surface area is 84.7 Å². The third kappa shape index (κ3) is 1.54. The molecule has 0 aliphatic heterocycles. The quantitative estimate of drug-likeness (QED) is 0.785. The zero-order valence-electron chi connectivity index (χ0n) is 9.33. The Morgan fingerprint density at radius 1 is 1.43 bits per heavy atom. The highest BCUT2D eigenvalue weighted by Gasteiger charge is 2.31. The number of rotatable bonds is 3. The van der Waals surface area contributed by atoms with Crippen LogP contribution in [0, 0.1) is 0 Å². The summed E-state index contributed by atoms with van der Waals surface area (Å²) in [6.07, 6.45) is 2.51. The van der Waals surface area contributed by atoms with Gasteiger partial charge in [0.15, 0.2) is 5.82 Å². The van der Waals surface area contributed by atoms with Crippen LogP contribution in [-0.4, -0.2) is 21.8 Å². The predicted octanol–water partition coefficient (Wildman–Crippen LogP) is 1.15. The van der Waals surface area contributed by atoms with E-state index in [-0.39, 0.29) is 5.54 Å². The van der Waals surface area contributed by atoms with E-state index in [1.54, 1.807) is 0 Å². The molecule has 1 N–H and O–H groups in total. The summed E-state index contributed by atoms with van der Waals surface area (Å²) in [6.45, 7) is 4.24. The van der Waals surface area contributed by atoms with E-state index in [1.807, 2.05) is 18.8 Å². The Balaban J connectivity index is 2.33. The van der Waals surface area contributed by atoms with E-state index in [2.05, 4.69) is 29.2 Å². The summed E-state index contributed by atoms with van der Waals surface area (Å²) in [5.74, 6) is 2.66. The summed E-state index contributed by atoms with van der Waals surface area (Å²) in [5.41, 5.74) is -0.102. The maximum atomic E-state index is 4.60. The first-order chi connectivity index (χ1) is 6.54. The van der Waals surface area contributed by atoms with Gasteiger partial charge in [0, 0.05) is 13.0 Å². The topological polar surface area (TPSA) is 42.7 Å². The van der Waals surface area contributed by atoms with Crippen molar-refractivity contribution in [1.82, 2.24) is 20.1 Å². The molecule has 1 heterocycles. The van der Waals surface area contributed by atoms with Crippen LogP contribution in [0.2, 0.25) is 0 Å². The number of hydrogen-bond donors (Lipinski definition) is 1. The molecule has 2 rings (SSSR count). The molecular weight excluding hydrogens is 176 g/mol. The second kappa shape index (κ2) is 3.05. The van der Waals surface area contributed by atoms with E-state index >= 15 is 0 Å². The second-order valence-corrected chi connectivity index (χ2v) is 4.57. The van der Waals surface area contributed by atoms with Crippen molar-refractivity contribution in [2.75, 3.05) is 7.05 Å². The van der Waals surface area contributed by atoms with Gasteiger partial charge < -0.3 is 5.32 Å². The van der Waals surface area contributed by atoms with Gasteiger partial charge in [-0.05, 0) is 33.7 Å². The summed E-state index contributed by atoms with van der Waals surface area (Å²) < 4.78 is 1.89. The van der Waals surface area contributed by atoms with Gasteiger partial charge in [0.25, 0.3) is 0 Å². The molecule has 4 heteroatoms. The van der Waals surface area contributed by atoms with E-state index in [9.17, 15) is 0 Å². The smallest absolute Gasteiger partial charge is 0.154 e. The molecule has 0 spiro atoms. The normalized spacial score (nSPS) is 17.4. The molecule has 1 aliphatic carbocycles. The van der Waals surface area contributed by atoms with Gasteiger partial charge in [-0.2, -0.15) is 5.10 Å². The average molecular weight is 194 g/mol. The Bertz CT molecular complexity index is 336.